The van der Waals surface area contributed by atoms with E-state index in [1.807, 2.05) is 0 Å². The summed E-state index contributed by atoms with van der Waals surface area (Å²) in [5.74, 6) is 0.532. The van der Waals surface area contributed by atoms with Crippen LogP contribution in [0.15, 0.2) is 24.5 Å². The fraction of sp³-hybridized carbons (Fsp3) is 0.250. The molecule has 0 radical (unpaired) electrons. The summed E-state index contributed by atoms with van der Waals surface area (Å²) in [6, 6.07) is 3.57. The largest absolute Gasteiger partial charge is 0.325 e. The Morgan fingerprint density at radius 1 is 1.67 bits per heavy atom. The van der Waals surface area contributed by atoms with Crippen molar-refractivity contribution >= 4 is 24.2 Å². The molecule has 0 spiro atoms. The first-order valence-electron chi connectivity index (χ1n) is 3.63. The maximum atomic E-state index is 11.0. The number of nitrogens with zero attached hydrogens (tertiary/aromatic N) is 1. The molecule has 0 atom stereocenters. The molecule has 0 aromatic carbocycles. The number of amides is 1. The number of hydrogen-bond acceptors (Lipinski definition) is 3. The van der Waals surface area contributed by atoms with Gasteiger partial charge in [0, 0.05) is 12.6 Å². The maximum absolute atomic E-state index is 11.0. The van der Waals surface area contributed by atoms with Gasteiger partial charge in [0.05, 0.1) is 11.9 Å². The van der Waals surface area contributed by atoms with E-state index in [0.29, 0.717) is 12.2 Å². The molecular weight excluding hydrogens is 172 g/mol. The molecule has 0 saturated heterocycles. The van der Waals surface area contributed by atoms with Crippen LogP contribution in [-0.2, 0) is 4.79 Å². The molecule has 0 unspecified atom stereocenters. The Hall–Kier alpha value is -1.03. The zero-order chi connectivity index (χ0) is 8.81. The zero-order valence-corrected chi connectivity index (χ0v) is 7.42. The van der Waals surface area contributed by atoms with Gasteiger partial charge in [0.2, 0.25) is 5.91 Å². The second kappa shape index (κ2) is 4.77. The van der Waals surface area contributed by atoms with E-state index in [-0.39, 0.29) is 5.91 Å². The molecule has 12 heavy (non-hydrogen) atoms. The average molecular weight is 182 g/mol. The zero-order valence-electron chi connectivity index (χ0n) is 6.53. The Labute approximate surface area is 76.6 Å². The third kappa shape index (κ3) is 2.92. The van der Waals surface area contributed by atoms with Gasteiger partial charge in [-0.05, 0) is 17.9 Å². The van der Waals surface area contributed by atoms with Gasteiger partial charge in [-0.25, -0.2) is 0 Å². The second-order valence-corrected chi connectivity index (χ2v) is 2.71. The fourth-order valence-electron chi connectivity index (χ4n) is 0.762. The third-order valence-electron chi connectivity index (χ3n) is 1.28. The molecule has 1 aromatic heterocycles. The number of carbonyl (C=O) groups excluding carboxylic acids is 1. The first-order chi connectivity index (χ1) is 5.83. The number of carbonyl (C=O) groups is 1. The number of thiol groups is 1. The van der Waals surface area contributed by atoms with Crippen LogP contribution in [0.25, 0.3) is 0 Å². The van der Waals surface area contributed by atoms with E-state index < -0.39 is 0 Å². The Morgan fingerprint density at radius 2 is 2.50 bits per heavy atom. The first kappa shape index (κ1) is 9.06. The summed E-state index contributed by atoms with van der Waals surface area (Å²) >= 11 is 3.95. The molecule has 1 amide bonds. The van der Waals surface area contributed by atoms with Gasteiger partial charge in [-0.15, -0.1) is 0 Å². The summed E-state index contributed by atoms with van der Waals surface area (Å²) in [4.78, 5) is 14.9. The Morgan fingerprint density at radius 3 is 3.08 bits per heavy atom. The lowest BCUT2D eigenvalue weighted by molar-refractivity contribution is -0.115. The minimum Gasteiger partial charge on any atom is -0.325 e. The van der Waals surface area contributed by atoms with Crippen molar-refractivity contribution in [1.29, 1.82) is 0 Å². The SMILES string of the molecule is O=C(CCS)Nc1cccnc1. The summed E-state index contributed by atoms with van der Waals surface area (Å²) < 4.78 is 0. The van der Waals surface area contributed by atoms with Crippen molar-refractivity contribution in [1.82, 2.24) is 4.98 Å². The Balaban J connectivity index is 2.47. The first-order valence-corrected chi connectivity index (χ1v) is 4.27. The molecule has 0 aliphatic carbocycles. The monoisotopic (exact) mass is 182 g/mol. The van der Waals surface area contributed by atoms with Gasteiger partial charge in [0.15, 0.2) is 0 Å². The van der Waals surface area contributed by atoms with Crippen LogP contribution in [-0.4, -0.2) is 16.6 Å². The van der Waals surface area contributed by atoms with Gasteiger partial charge in [-0.2, -0.15) is 12.6 Å². The van der Waals surface area contributed by atoms with Crippen LogP contribution in [0.4, 0.5) is 5.69 Å². The summed E-state index contributed by atoms with van der Waals surface area (Å²) in [6.45, 7) is 0. The molecule has 1 heterocycles. The van der Waals surface area contributed by atoms with Crippen molar-refractivity contribution < 1.29 is 4.79 Å². The van der Waals surface area contributed by atoms with Crippen LogP contribution in [0, 0.1) is 0 Å². The number of hydrogen-bond donors (Lipinski definition) is 2. The van der Waals surface area contributed by atoms with Crippen LogP contribution < -0.4 is 5.32 Å². The number of pyridine rings is 1. The molecule has 64 valence electrons. The molecule has 0 aliphatic heterocycles. The van der Waals surface area contributed by atoms with Crippen LogP contribution in [0.5, 0.6) is 0 Å². The Kier molecular flexibility index (Phi) is 3.60. The van der Waals surface area contributed by atoms with Gasteiger partial charge in [-0.1, -0.05) is 0 Å². The van der Waals surface area contributed by atoms with Crippen molar-refractivity contribution in [2.45, 2.75) is 6.42 Å². The fourth-order valence-corrected chi connectivity index (χ4v) is 0.965. The van der Waals surface area contributed by atoms with Crippen molar-refractivity contribution in [2.24, 2.45) is 0 Å². The quantitative estimate of drug-likeness (QED) is 0.693. The predicted molar refractivity (Wildman–Crippen MR) is 51.3 cm³/mol. The molecule has 0 saturated carbocycles. The summed E-state index contributed by atoms with van der Waals surface area (Å²) in [6.07, 6.45) is 3.70. The summed E-state index contributed by atoms with van der Waals surface area (Å²) in [5, 5.41) is 2.69. The highest BCUT2D eigenvalue weighted by molar-refractivity contribution is 7.80. The van der Waals surface area contributed by atoms with Gasteiger partial charge in [0.25, 0.3) is 0 Å². The molecule has 0 bridgehead atoms. The molecule has 1 aromatic rings. The average Bonchev–Trinajstić information content (AvgIpc) is 2.06. The van der Waals surface area contributed by atoms with Crippen LogP contribution in [0.2, 0.25) is 0 Å². The van der Waals surface area contributed by atoms with Crippen molar-refractivity contribution in [3.63, 3.8) is 0 Å². The highest BCUT2D eigenvalue weighted by Gasteiger charge is 1.98. The highest BCUT2D eigenvalue weighted by atomic mass is 32.1. The minimum atomic E-state index is -0.0296. The molecule has 3 nitrogen and oxygen atoms in total. The predicted octanol–water partition coefficient (Wildman–Crippen LogP) is 1.34. The van der Waals surface area contributed by atoms with E-state index in [1.165, 1.54) is 0 Å². The number of nitrogens with one attached hydrogen (secondary N) is 1. The maximum Gasteiger partial charge on any atom is 0.225 e. The molecule has 0 fully saturated rings. The molecule has 4 heteroatoms. The Bertz CT molecular complexity index is 250. The molecule has 0 aliphatic rings. The third-order valence-corrected chi connectivity index (χ3v) is 1.51. The molecular formula is C8H10N2OS. The van der Waals surface area contributed by atoms with Gasteiger partial charge < -0.3 is 5.32 Å². The van der Waals surface area contributed by atoms with Crippen LogP contribution >= 0.6 is 12.6 Å². The summed E-state index contributed by atoms with van der Waals surface area (Å²) in [5.41, 5.74) is 0.726. The molecule has 1 rings (SSSR count). The van der Waals surface area contributed by atoms with E-state index in [2.05, 4.69) is 22.9 Å². The highest BCUT2D eigenvalue weighted by Crippen LogP contribution is 2.02. The lowest BCUT2D eigenvalue weighted by Crippen LogP contribution is -2.11. The smallest absolute Gasteiger partial charge is 0.225 e. The van der Waals surface area contributed by atoms with Crippen molar-refractivity contribution in [3.05, 3.63) is 24.5 Å². The lowest BCUT2D eigenvalue weighted by atomic mass is 10.4. The molecule has 1 N–H and O–H groups in total. The van der Waals surface area contributed by atoms with Crippen molar-refractivity contribution in [3.8, 4) is 0 Å². The normalized spacial score (nSPS) is 9.42. The topological polar surface area (TPSA) is 42.0 Å². The van der Waals surface area contributed by atoms with E-state index >= 15 is 0 Å². The van der Waals surface area contributed by atoms with Crippen molar-refractivity contribution in [2.75, 3.05) is 11.1 Å². The van der Waals surface area contributed by atoms with E-state index in [1.54, 1.807) is 24.5 Å². The van der Waals surface area contributed by atoms with E-state index in [9.17, 15) is 4.79 Å². The standard InChI is InChI=1S/C8H10N2OS/c11-8(3-5-12)10-7-2-1-4-9-6-7/h1-2,4,6,12H,3,5H2,(H,10,11). The van der Waals surface area contributed by atoms with Crippen LogP contribution in [0.3, 0.4) is 0 Å². The number of anilines is 1. The minimum absolute atomic E-state index is 0.0296. The second-order valence-electron chi connectivity index (χ2n) is 2.26. The van der Waals surface area contributed by atoms with Crippen LogP contribution in [0.1, 0.15) is 6.42 Å². The van der Waals surface area contributed by atoms with Gasteiger partial charge >= 0.3 is 0 Å². The van der Waals surface area contributed by atoms with E-state index in [4.69, 9.17) is 0 Å². The lowest BCUT2D eigenvalue weighted by Gasteiger charge is -2.01. The number of aromatic nitrogens is 1. The van der Waals surface area contributed by atoms with Gasteiger partial charge in [0.1, 0.15) is 0 Å². The number of rotatable bonds is 3. The summed E-state index contributed by atoms with van der Waals surface area (Å²) in [7, 11) is 0. The van der Waals surface area contributed by atoms with Gasteiger partial charge in [-0.3, -0.25) is 9.78 Å². The van der Waals surface area contributed by atoms with E-state index in [0.717, 1.165) is 5.69 Å².